The second-order valence-electron chi connectivity index (χ2n) is 13.4. The van der Waals surface area contributed by atoms with Crippen molar-refractivity contribution >= 4 is 17.9 Å². The van der Waals surface area contributed by atoms with Gasteiger partial charge in [-0.3, -0.25) is 9.10 Å². The van der Waals surface area contributed by atoms with E-state index in [1.165, 1.54) is 29.5 Å². The lowest BCUT2D eigenvalue weighted by Gasteiger charge is -2.54. The summed E-state index contributed by atoms with van der Waals surface area (Å²) in [6.45, 7) is 6.89. The SMILES string of the molecule is CCCCC(CCCCOc1ccc([C@H]2C[C@@]3(C)C(CC[C@@H]3O)C3CCc4cc(O)ccc4C32)cc1)SN(C)C(C)=O. The van der Waals surface area contributed by atoms with Gasteiger partial charge in [-0.15, -0.1) is 0 Å². The molecule has 2 aromatic rings. The highest BCUT2D eigenvalue weighted by molar-refractivity contribution is 7.98. The average Bonchev–Trinajstić information content (AvgIpc) is 3.28. The highest BCUT2D eigenvalue weighted by atomic mass is 32.2. The van der Waals surface area contributed by atoms with Crippen LogP contribution in [0.25, 0.3) is 0 Å². The zero-order valence-electron chi connectivity index (χ0n) is 26.1. The monoisotopic (exact) mass is 593 g/mol. The standard InChI is InChI=1S/C36H51NO4S/c1-5-6-9-29(42-37(4)24(2)38)10-7-8-21-41-28-15-11-25(12-16-28)32-23-36(3)33(19-20-34(36)40)31-17-13-26-22-27(39)14-18-30(26)35(31)32/h11-12,14-16,18,22,29,31-35,39-40H,5-10,13,17,19-21,23H2,1-4H3/t29?,31?,32-,33?,34+,35?,36+/m1/s1. The molecule has 230 valence electrons. The highest BCUT2D eigenvalue weighted by Crippen LogP contribution is 2.65. The van der Waals surface area contributed by atoms with Crippen LogP contribution in [0.4, 0.5) is 0 Å². The van der Waals surface area contributed by atoms with Crippen LogP contribution >= 0.6 is 11.9 Å². The predicted molar refractivity (Wildman–Crippen MR) is 172 cm³/mol. The number of ether oxygens (including phenoxy) is 1. The molecule has 4 unspecified atom stereocenters. The lowest BCUT2D eigenvalue weighted by atomic mass is 9.51. The minimum atomic E-state index is -0.224. The molecule has 3 aliphatic rings. The number of carbonyl (C=O) groups is 1. The van der Waals surface area contributed by atoms with E-state index in [1.807, 2.05) is 19.2 Å². The fourth-order valence-corrected chi connectivity index (χ4v) is 9.59. The van der Waals surface area contributed by atoms with Gasteiger partial charge in [0.05, 0.1) is 12.7 Å². The van der Waals surface area contributed by atoms with Gasteiger partial charge in [0.25, 0.3) is 0 Å². The fraction of sp³-hybridized carbons (Fsp3) is 0.639. The van der Waals surface area contributed by atoms with Crippen LogP contribution in [0, 0.1) is 17.3 Å². The second kappa shape index (κ2) is 13.6. The number of rotatable bonds is 12. The summed E-state index contributed by atoms with van der Waals surface area (Å²) in [5, 5.41) is 21.8. The molecule has 0 aliphatic heterocycles. The Morgan fingerprint density at radius 1 is 1.10 bits per heavy atom. The third-order valence-electron chi connectivity index (χ3n) is 10.8. The van der Waals surface area contributed by atoms with Crippen molar-refractivity contribution in [3.63, 3.8) is 0 Å². The summed E-state index contributed by atoms with van der Waals surface area (Å²) in [7, 11) is 1.87. The summed E-state index contributed by atoms with van der Waals surface area (Å²) in [6, 6.07) is 14.8. The summed E-state index contributed by atoms with van der Waals surface area (Å²) in [4.78, 5) is 11.7. The van der Waals surface area contributed by atoms with Crippen molar-refractivity contribution in [3.05, 3.63) is 59.2 Å². The molecule has 2 N–H and O–H groups in total. The molecule has 0 saturated heterocycles. The number of benzene rings is 2. The van der Waals surface area contributed by atoms with Crippen molar-refractivity contribution in [2.75, 3.05) is 13.7 Å². The first-order valence-corrected chi connectivity index (χ1v) is 17.2. The van der Waals surface area contributed by atoms with Gasteiger partial charge in [0.1, 0.15) is 11.5 Å². The average molecular weight is 594 g/mol. The minimum absolute atomic E-state index is 0.0398. The van der Waals surface area contributed by atoms with Crippen LogP contribution in [0.2, 0.25) is 0 Å². The molecule has 42 heavy (non-hydrogen) atoms. The molecule has 0 heterocycles. The first kappa shape index (κ1) is 31.3. The van der Waals surface area contributed by atoms with E-state index in [1.54, 1.807) is 23.2 Å². The molecular formula is C36H51NO4S. The Balaban J connectivity index is 1.22. The summed E-state index contributed by atoms with van der Waals surface area (Å²) >= 11 is 1.69. The van der Waals surface area contributed by atoms with E-state index in [-0.39, 0.29) is 17.4 Å². The van der Waals surface area contributed by atoms with Crippen LogP contribution in [0.1, 0.15) is 114 Å². The van der Waals surface area contributed by atoms with E-state index in [4.69, 9.17) is 4.74 Å². The fourth-order valence-electron chi connectivity index (χ4n) is 8.45. The zero-order chi connectivity index (χ0) is 29.9. The van der Waals surface area contributed by atoms with Gasteiger partial charge in [-0.25, -0.2) is 0 Å². The number of nitrogens with zero attached hydrogens (tertiary/aromatic N) is 1. The van der Waals surface area contributed by atoms with Crippen LogP contribution in [-0.4, -0.2) is 45.4 Å². The molecule has 2 aromatic carbocycles. The largest absolute Gasteiger partial charge is 0.508 e. The first-order chi connectivity index (χ1) is 20.2. The van der Waals surface area contributed by atoms with Gasteiger partial charge in [0, 0.05) is 19.2 Å². The van der Waals surface area contributed by atoms with E-state index in [0.29, 0.717) is 41.3 Å². The highest BCUT2D eigenvalue weighted by Gasteiger charge is 2.57. The molecule has 1 amide bonds. The number of aromatic hydroxyl groups is 1. The predicted octanol–water partition coefficient (Wildman–Crippen LogP) is 8.24. The van der Waals surface area contributed by atoms with E-state index in [9.17, 15) is 15.0 Å². The number of aliphatic hydroxyl groups is 1. The Labute approximate surface area is 257 Å². The molecule has 5 nitrogen and oxygen atoms in total. The molecule has 3 aliphatic carbocycles. The van der Waals surface area contributed by atoms with Crippen molar-refractivity contribution in [2.45, 2.75) is 115 Å². The maximum absolute atomic E-state index is 11.7. The van der Waals surface area contributed by atoms with Gasteiger partial charge in [-0.1, -0.05) is 44.9 Å². The van der Waals surface area contributed by atoms with Gasteiger partial charge < -0.3 is 14.9 Å². The summed E-state index contributed by atoms with van der Waals surface area (Å²) in [5.74, 6) is 3.27. The molecule has 7 atom stereocenters. The smallest absolute Gasteiger partial charge is 0.229 e. The third kappa shape index (κ3) is 6.65. The lowest BCUT2D eigenvalue weighted by Crippen LogP contribution is -2.47. The summed E-state index contributed by atoms with van der Waals surface area (Å²) < 4.78 is 7.95. The Morgan fingerprint density at radius 2 is 1.86 bits per heavy atom. The summed E-state index contributed by atoms with van der Waals surface area (Å²) in [5.41, 5.74) is 4.00. The molecule has 0 spiro atoms. The van der Waals surface area contributed by atoms with Crippen molar-refractivity contribution in [3.8, 4) is 11.5 Å². The third-order valence-corrected chi connectivity index (χ3v) is 12.1. The van der Waals surface area contributed by atoms with Gasteiger partial charge >= 0.3 is 0 Å². The number of phenolic OH excluding ortho intramolecular Hbond substituents is 1. The van der Waals surface area contributed by atoms with Gasteiger partial charge in [-0.05, 0) is 140 Å². The number of hydrogen-bond acceptors (Lipinski definition) is 5. The van der Waals surface area contributed by atoms with Crippen molar-refractivity contribution in [2.24, 2.45) is 17.3 Å². The molecule has 6 heteroatoms. The molecular weight excluding hydrogens is 542 g/mol. The molecule has 0 bridgehead atoms. The second-order valence-corrected chi connectivity index (χ2v) is 14.9. The van der Waals surface area contributed by atoms with Crippen molar-refractivity contribution in [1.29, 1.82) is 0 Å². The van der Waals surface area contributed by atoms with E-state index in [2.05, 4.69) is 44.2 Å². The summed E-state index contributed by atoms with van der Waals surface area (Å²) in [6.07, 6.45) is 11.7. The molecule has 2 saturated carbocycles. The van der Waals surface area contributed by atoms with Gasteiger partial charge in [-0.2, -0.15) is 0 Å². The first-order valence-electron chi connectivity index (χ1n) is 16.3. The van der Waals surface area contributed by atoms with Crippen LogP contribution in [-0.2, 0) is 11.2 Å². The zero-order valence-corrected chi connectivity index (χ0v) is 26.9. The number of unbranched alkanes of at least 4 members (excludes halogenated alkanes) is 2. The van der Waals surface area contributed by atoms with Crippen molar-refractivity contribution in [1.82, 2.24) is 4.31 Å². The molecule has 2 fully saturated rings. The van der Waals surface area contributed by atoms with E-state index in [0.717, 1.165) is 63.5 Å². The van der Waals surface area contributed by atoms with E-state index >= 15 is 0 Å². The molecule has 5 rings (SSSR count). The normalized spacial score (nSPS) is 28.8. The Hall–Kier alpha value is -2.18. The Morgan fingerprint density at radius 3 is 2.60 bits per heavy atom. The maximum atomic E-state index is 11.7. The number of fused-ring (bicyclic) bond motifs is 5. The van der Waals surface area contributed by atoms with E-state index < -0.39 is 0 Å². The quantitative estimate of drug-likeness (QED) is 0.192. The van der Waals surface area contributed by atoms with Gasteiger partial charge in [0.15, 0.2) is 0 Å². The topological polar surface area (TPSA) is 70.0 Å². The maximum Gasteiger partial charge on any atom is 0.229 e. The number of hydrogen-bond donors (Lipinski definition) is 2. The van der Waals surface area contributed by atoms with Gasteiger partial charge in [0.2, 0.25) is 5.91 Å². The van der Waals surface area contributed by atoms with Crippen LogP contribution in [0.15, 0.2) is 42.5 Å². The van der Waals surface area contributed by atoms with Crippen molar-refractivity contribution < 1.29 is 19.7 Å². The number of carbonyl (C=O) groups excluding carboxylic acids is 1. The minimum Gasteiger partial charge on any atom is -0.508 e. The Kier molecular flexibility index (Phi) is 10.1. The Bertz CT molecular complexity index is 1200. The molecule has 0 radical (unpaired) electrons. The number of aliphatic hydroxyl groups excluding tert-OH is 1. The van der Waals surface area contributed by atoms with Crippen LogP contribution < -0.4 is 4.74 Å². The lowest BCUT2D eigenvalue weighted by molar-refractivity contribution is -0.123. The number of aryl methyl sites for hydroxylation is 1. The molecule has 0 aromatic heterocycles. The number of amides is 1. The van der Waals surface area contributed by atoms with Crippen LogP contribution in [0.5, 0.6) is 11.5 Å². The number of phenols is 1. The van der Waals surface area contributed by atoms with Crippen LogP contribution in [0.3, 0.4) is 0 Å².